The summed E-state index contributed by atoms with van der Waals surface area (Å²) < 4.78 is 18.6. The number of hydrogen-bond donors (Lipinski definition) is 2. The van der Waals surface area contributed by atoms with Crippen molar-refractivity contribution in [3.63, 3.8) is 0 Å². The molecule has 0 bridgehead atoms. The number of hydrogen-bond acceptors (Lipinski definition) is 5. The van der Waals surface area contributed by atoms with Crippen molar-refractivity contribution in [2.75, 3.05) is 31.1 Å². The molecule has 2 aromatic rings. The van der Waals surface area contributed by atoms with Gasteiger partial charge in [-0.15, -0.1) is 0 Å². The summed E-state index contributed by atoms with van der Waals surface area (Å²) in [6, 6.07) is 8.32. The predicted octanol–water partition coefficient (Wildman–Crippen LogP) is 3.95. The van der Waals surface area contributed by atoms with Crippen molar-refractivity contribution in [2.24, 2.45) is 5.92 Å². The number of anilines is 1. The Morgan fingerprint density at radius 3 is 2.50 bits per heavy atom. The van der Waals surface area contributed by atoms with Crippen molar-refractivity contribution in [3.8, 4) is 11.3 Å². The quantitative estimate of drug-likeness (QED) is 0.705. The molecule has 2 aliphatic heterocycles. The van der Waals surface area contributed by atoms with Gasteiger partial charge in [0.15, 0.2) is 5.82 Å². The van der Waals surface area contributed by atoms with Gasteiger partial charge in [-0.05, 0) is 76.3 Å². The molecule has 1 aromatic carbocycles. The normalized spacial score (nSPS) is 19.7. The molecule has 1 atom stereocenters. The van der Waals surface area contributed by atoms with Crippen LogP contribution in [0.4, 0.5) is 15.0 Å². The molecule has 2 N–H and O–H groups in total. The fraction of sp³-hybridized carbons (Fsp3) is 0.560. The van der Waals surface area contributed by atoms with E-state index in [9.17, 15) is 14.0 Å². The molecule has 2 fully saturated rings. The maximum atomic E-state index is 13.2. The zero-order valence-electron chi connectivity index (χ0n) is 20.1. The van der Waals surface area contributed by atoms with Gasteiger partial charge < -0.3 is 19.9 Å². The molecule has 3 heterocycles. The highest BCUT2D eigenvalue weighted by Crippen LogP contribution is 2.25. The van der Waals surface area contributed by atoms with Crippen molar-refractivity contribution < 1.29 is 18.7 Å². The van der Waals surface area contributed by atoms with Gasteiger partial charge in [-0.2, -0.15) is 5.10 Å². The summed E-state index contributed by atoms with van der Waals surface area (Å²) in [5.74, 6) is 0.520. The fourth-order valence-electron chi connectivity index (χ4n) is 4.52. The lowest BCUT2D eigenvalue weighted by atomic mass is 9.95. The summed E-state index contributed by atoms with van der Waals surface area (Å²) in [6.45, 7) is 8.18. The largest absolute Gasteiger partial charge is 0.444 e. The molecule has 4 rings (SSSR count). The second-order valence-electron chi connectivity index (χ2n) is 10.2. The number of nitrogens with zero attached hydrogens (tertiary/aromatic N) is 3. The van der Waals surface area contributed by atoms with E-state index in [1.807, 2.05) is 26.8 Å². The number of aromatic amines is 1. The van der Waals surface area contributed by atoms with Gasteiger partial charge >= 0.3 is 6.09 Å². The highest BCUT2D eigenvalue weighted by molar-refractivity contribution is 5.79. The molecule has 0 spiro atoms. The van der Waals surface area contributed by atoms with Gasteiger partial charge in [0.25, 0.3) is 0 Å². The van der Waals surface area contributed by atoms with E-state index in [1.165, 1.54) is 12.1 Å². The first-order valence-electron chi connectivity index (χ1n) is 12.0. The molecule has 0 aliphatic carbocycles. The molecule has 0 saturated carbocycles. The van der Waals surface area contributed by atoms with Crippen molar-refractivity contribution in [2.45, 2.75) is 58.1 Å². The zero-order valence-corrected chi connectivity index (χ0v) is 20.1. The molecule has 1 unspecified atom stereocenters. The van der Waals surface area contributed by atoms with Crippen LogP contribution in [0.3, 0.4) is 0 Å². The number of carbonyl (C=O) groups is 2. The Bertz CT molecular complexity index is 993. The lowest BCUT2D eigenvalue weighted by Gasteiger charge is -2.36. The highest BCUT2D eigenvalue weighted by Gasteiger charge is 2.31. The Hall–Kier alpha value is -3.10. The minimum Gasteiger partial charge on any atom is -0.444 e. The van der Waals surface area contributed by atoms with Gasteiger partial charge in [0.05, 0.1) is 5.69 Å². The number of nitrogens with one attached hydrogen (secondary N) is 2. The number of H-pyrrole nitrogens is 1. The standard InChI is InChI=1S/C25H34FN5O3/c1-25(2,3)34-24(33)30-13-10-18(11-14-30)23(32)27-20-5-4-12-31(16-20)22-15-21(28-29-22)17-6-8-19(26)9-7-17/h6-9,15,18,20H,4-5,10-14,16H2,1-3H3,(H,27,32)(H,28,29). The highest BCUT2D eigenvalue weighted by atomic mass is 19.1. The Balaban J connectivity index is 1.28. The number of piperidine rings is 2. The van der Waals surface area contributed by atoms with Gasteiger partial charge in [-0.3, -0.25) is 9.89 Å². The smallest absolute Gasteiger partial charge is 0.410 e. The molecule has 9 heteroatoms. The third-order valence-electron chi connectivity index (χ3n) is 6.33. The van der Waals surface area contributed by atoms with Crippen LogP contribution >= 0.6 is 0 Å². The van der Waals surface area contributed by atoms with Crippen LogP contribution in [0, 0.1) is 11.7 Å². The van der Waals surface area contributed by atoms with E-state index < -0.39 is 5.60 Å². The molecule has 0 radical (unpaired) electrons. The number of amides is 2. The molecular formula is C25H34FN5O3. The lowest BCUT2D eigenvalue weighted by molar-refractivity contribution is -0.127. The first kappa shape index (κ1) is 24.0. The third kappa shape index (κ3) is 6.07. The SMILES string of the molecule is CC(C)(C)OC(=O)N1CCC(C(=O)NC2CCCN(c3cc(-c4ccc(F)cc4)[nH]n3)C2)CC1. The molecular weight excluding hydrogens is 437 g/mol. The van der Waals surface area contributed by atoms with Crippen molar-refractivity contribution >= 4 is 17.8 Å². The van der Waals surface area contributed by atoms with Crippen LogP contribution < -0.4 is 10.2 Å². The van der Waals surface area contributed by atoms with Crippen LogP contribution in [-0.2, 0) is 9.53 Å². The topological polar surface area (TPSA) is 90.6 Å². The van der Waals surface area contributed by atoms with E-state index in [0.717, 1.165) is 36.5 Å². The monoisotopic (exact) mass is 471 g/mol. The number of likely N-dealkylation sites (tertiary alicyclic amines) is 1. The summed E-state index contributed by atoms with van der Waals surface area (Å²) >= 11 is 0. The molecule has 2 amide bonds. The number of rotatable bonds is 4. The van der Waals surface area contributed by atoms with E-state index in [-0.39, 0.29) is 29.8 Å². The average molecular weight is 472 g/mol. The second kappa shape index (κ2) is 10.0. The number of halogens is 1. The average Bonchev–Trinajstić information content (AvgIpc) is 3.29. The fourth-order valence-corrected chi connectivity index (χ4v) is 4.52. The van der Waals surface area contributed by atoms with E-state index in [1.54, 1.807) is 17.0 Å². The van der Waals surface area contributed by atoms with Gasteiger partial charge in [-0.1, -0.05) is 0 Å². The van der Waals surface area contributed by atoms with Gasteiger partial charge in [0, 0.05) is 44.2 Å². The van der Waals surface area contributed by atoms with E-state index >= 15 is 0 Å². The van der Waals surface area contributed by atoms with Crippen molar-refractivity contribution in [1.82, 2.24) is 20.4 Å². The molecule has 34 heavy (non-hydrogen) atoms. The Morgan fingerprint density at radius 1 is 1.12 bits per heavy atom. The minimum atomic E-state index is -0.522. The van der Waals surface area contributed by atoms with E-state index in [4.69, 9.17) is 4.74 Å². The minimum absolute atomic E-state index is 0.0520. The molecule has 1 aromatic heterocycles. The number of benzene rings is 1. The van der Waals surface area contributed by atoms with Gasteiger partial charge in [-0.25, -0.2) is 9.18 Å². The van der Waals surface area contributed by atoms with Crippen LogP contribution in [0.15, 0.2) is 30.3 Å². The van der Waals surface area contributed by atoms with Crippen LogP contribution in [0.5, 0.6) is 0 Å². The van der Waals surface area contributed by atoms with Crippen LogP contribution in [0.25, 0.3) is 11.3 Å². The Labute approximate surface area is 199 Å². The van der Waals surface area contributed by atoms with Gasteiger partial charge in [0.2, 0.25) is 5.91 Å². The molecule has 2 saturated heterocycles. The van der Waals surface area contributed by atoms with Crippen LogP contribution in [0.1, 0.15) is 46.5 Å². The number of ether oxygens (including phenoxy) is 1. The van der Waals surface area contributed by atoms with Crippen LogP contribution in [-0.4, -0.2) is 64.9 Å². The summed E-state index contributed by atoms with van der Waals surface area (Å²) in [6.07, 6.45) is 2.85. The van der Waals surface area contributed by atoms with E-state index in [2.05, 4.69) is 20.4 Å². The number of aromatic nitrogens is 2. The number of carbonyl (C=O) groups excluding carboxylic acids is 2. The van der Waals surface area contributed by atoms with Crippen LogP contribution in [0.2, 0.25) is 0 Å². The third-order valence-corrected chi connectivity index (χ3v) is 6.33. The first-order chi connectivity index (χ1) is 16.2. The Kier molecular flexibility index (Phi) is 7.09. The maximum absolute atomic E-state index is 13.2. The van der Waals surface area contributed by atoms with Crippen molar-refractivity contribution in [1.29, 1.82) is 0 Å². The molecule has 2 aliphatic rings. The predicted molar refractivity (Wildman–Crippen MR) is 128 cm³/mol. The first-order valence-corrected chi connectivity index (χ1v) is 12.0. The zero-order chi connectivity index (χ0) is 24.3. The Morgan fingerprint density at radius 2 is 1.82 bits per heavy atom. The summed E-state index contributed by atoms with van der Waals surface area (Å²) in [5, 5.41) is 10.7. The lowest BCUT2D eigenvalue weighted by Crippen LogP contribution is -2.51. The summed E-state index contributed by atoms with van der Waals surface area (Å²) in [7, 11) is 0. The summed E-state index contributed by atoms with van der Waals surface area (Å²) in [4.78, 5) is 29.0. The summed E-state index contributed by atoms with van der Waals surface area (Å²) in [5.41, 5.74) is 1.18. The van der Waals surface area contributed by atoms with Gasteiger partial charge in [0.1, 0.15) is 11.4 Å². The molecule has 8 nitrogen and oxygen atoms in total. The maximum Gasteiger partial charge on any atom is 0.410 e. The van der Waals surface area contributed by atoms with Crippen molar-refractivity contribution in [3.05, 3.63) is 36.1 Å². The second-order valence-corrected chi connectivity index (χ2v) is 10.2. The molecule has 184 valence electrons. The van der Waals surface area contributed by atoms with E-state index in [0.29, 0.717) is 32.5 Å².